The summed E-state index contributed by atoms with van der Waals surface area (Å²) in [7, 11) is 0. The number of allylic oxidation sites excluding steroid dienone is 2. The van der Waals surface area contributed by atoms with Crippen LogP contribution in [0.2, 0.25) is 0 Å². The predicted octanol–water partition coefficient (Wildman–Crippen LogP) is 1.82. The number of nitro groups is 1. The number of nitro benzene ring substituents is 1. The number of rotatable bonds is 3. The van der Waals surface area contributed by atoms with Crippen molar-refractivity contribution < 1.29 is 10.0 Å². The average Bonchev–Trinajstić information content (AvgIpc) is 2.30. The Labute approximate surface area is 96.8 Å². The normalized spacial score (nSPS) is 8.82. The average molecular weight is 229 g/mol. The lowest BCUT2D eigenvalue weighted by Crippen LogP contribution is -1.90. The van der Waals surface area contributed by atoms with Crippen molar-refractivity contribution in [3.63, 3.8) is 0 Å². The van der Waals surface area contributed by atoms with E-state index in [2.05, 4.69) is 0 Å². The molecule has 0 heterocycles. The van der Waals surface area contributed by atoms with Crippen LogP contribution in [0.5, 0.6) is 5.75 Å². The van der Waals surface area contributed by atoms with Crippen LogP contribution in [0.4, 0.5) is 5.69 Å². The third kappa shape index (κ3) is 3.05. The molecule has 84 valence electrons. The molecule has 0 spiro atoms. The Hall–Kier alpha value is -2.86. The maximum Gasteiger partial charge on any atom is 0.310 e. The standard InChI is InChI=1S/C11H7N3O3/c12-6-9(7-13)2-1-8-3-4-10(14(16)17)11(15)5-8/h2-5,15H,1H2. The van der Waals surface area contributed by atoms with E-state index in [4.69, 9.17) is 10.5 Å². The summed E-state index contributed by atoms with van der Waals surface area (Å²) in [6.45, 7) is 0. The van der Waals surface area contributed by atoms with Crippen molar-refractivity contribution in [1.29, 1.82) is 10.5 Å². The third-order valence-electron chi connectivity index (χ3n) is 2.02. The van der Waals surface area contributed by atoms with Gasteiger partial charge in [0.25, 0.3) is 0 Å². The van der Waals surface area contributed by atoms with Crippen molar-refractivity contribution in [2.24, 2.45) is 0 Å². The summed E-state index contributed by atoms with van der Waals surface area (Å²) in [5, 5.41) is 36.8. The van der Waals surface area contributed by atoms with E-state index in [1.54, 1.807) is 12.1 Å². The highest BCUT2D eigenvalue weighted by molar-refractivity contribution is 5.48. The second-order valence-electron chi connectivity index (χ2n) is 3.13. The molecular formula is C11H7N3O3. The van der Waals surface area contributed by atoms with E-state index in [1.807, 2.05) is 0 Å². The summed E-state index contributed by atoms with van der Waals surface area (Å²) >= 11 is 0. The third-order valence-corrected chi connectivity index (χ3v) is 2.02. The fraction of sp³-hybridized carbons (Fsp3) is 0.0909. The molecular weight excluding hydrogens is 222 g/mol. The van der Waals surface area contributed by atoms with Gasteiger partial charge in [0, 0.05) is 6.07 Å². The van der Waals surface area contributed by atoms with Crippen LogP contribution >= 0.6 is 0 Å². The Morgan fingerprint density at radius 2 is 2.12 bits per heavy atom. The summed E-state index contributed by atoms with van der Waals surface area (Å²) in [5.74, 6) is -0.434. The van der Waals surface area contributed by atoms with Crippen LogP contribution in [0, 0.1) is 32.8 Å². The zero-order chi connectivity index (χ0) is 12.8. The first-order chi connectivity index (χ1) is 8.08. The minimum atomic E-state index is -0.690. The van der Waals surface area contributed by atoms with Crippen LogP contribution < -0.4 is 0 Å². The quantitative estimate of drug-likeness (QED) is 0.482. The Kier molecular flexibility index (Phi) is 3.80. The highest BCUT2D eigenvalue weighted by atomic mass is 16.6. The van der Waals surface area contributed by atoms with Gasteiger partial charge in [-0.15, -0.1) is 0 Å². The van der Waals surface area contributed by atoms with Gasteiger partial charge in [-0.1, -0.05) is 12.1 Å². The number of aromatic hydroxyl groups is 1. The number of hydrogen-bond donors (Lipinski definition) is 1. The van der Waals surface area contributed by atoms with Gasteiger partial charge in [0.15, 0.2) is 5.75 Å². The smallest absolute Gasteiger partial charge is 0.310 e. The molecule has 0 saturated carbocycles. The minimum absolute atomic E-state index is 0.0390. The molecule has 1 rings (SSSR count). The lowest BCUT2D eigenvalue weighted by Gasteiger charge is -1.99. The van der Waals surface area contributed by atoms with Crippen molar-refractivity contribution in [3.05, 3.63) is 45.5 Å². The van der Waals surface area contributed by atoms with Crippen LogP contribution in [-0.4, -0.2) is 10.0 Å². The van der Waals surface area contributed by atoms with Gasteiger partial charge in [0.2, 0.25) is 0 Å². The van der Waals surface area contributed by atoms with Crippen molar-refractivity contribution in [2.45, 2.75) is 6.42 Å². The molecule has 0 aliphatic heterocycles. The first-order valence-corrected chi connectivity index (χ1v) is 4.55. The molecule has 0 fully saturated rings. The molecule has 1 N–H and O–H groups in total. The molecule has 6 heteroatoms. The largest absolute Gasteiger partial charge is 0.502 e. The van der Waals surface area contributed by atoms with Crippen molar-refractivity contribution in [3.8, 4) is 17.9 Å². The summed E-state index contributed by atoms with van der Waals surface area (Å²) in [5.41, 5.74) is 0.164. The van der Waals surface area contributed by atoms with E-state index in [0.717, 1.165) is 0 Å². The zero-order valence-electron chi connectivity index (χ0n) is 8.62. The lowest BCUT2D eigenvalue weighted by atomic mass is 10.1. The van der Waals surface area contributed by atoms with Gasteiger partial charge in [-0.25, -0.2) is 0 Å². The molecule has 0 aromatic heterocycles. The molecule has 0 aliphatic carbocycles. The Balaban J connectivity index is 2.94. The Morgan fingerprint density at radius 3 is 2.59 bits per heavy atom. The molecule has 0 amide bonds. The number of phenols is 1. The highest BCUT2D eigenvalue weighted by Crippen LogP contribution is 2.26. The molecule has 6 nitrogen and oxygen atoms in total. The van der Waals surface area contributed by atoms with E-state index in [-0.39, 0.29) is 17.7 Å². The Bertz CT molecular complexity index is 548. The van der Waals surface area contributed by atoms with Crippen LogP contribution in [-0.2, 0) is 6.42 Å². The van der Waals surface area contributed by atoms with E-state index >= 15 is 0 Å². The molecule has 0 radical (unpaired) electrons. The topological polar surface area (TPSA) is 111 Å². The number of phenolic OH excluding ortho intramolecular Hbond substituents is 1. The monoisotopic (exact) mass is 229 g/mol. The molecule has 17 heavy (non-hydrogen) atoms. The first-order valence-electron chi connectivity index (χ1n) is 4.55. The number of benzene rings is 1. The Morgan fingerprint density at radius 1 is 1.47 bits per heavy atom. The summed E-state index contributed by atoms with van der Waals surface area (Å²) in [4.78, 5) is 9.75. The van der Waals surface area contributed by atoms with Gasteiger partial charge in [-0.3, -0.25) is 10.1 Å². The van der Waals surface area contributed by atoms with E-state index in [0.29, 0.717) is 5.56 Å². The number of nitrogens with zero attached hydrogens (tertiary/aromatic N) is 3. The van der Waals surface area contributed by atoms with E-state index in [9.17, 15) is 15.2 Å². The van der Waals surface area contributed by atoms with Crippen LogP contribution in [0.1, 0.15) is 5.56 Å². The fourth-order valence-electron chi connectivity index (χ4n) is 1.19. The van der Waals surface area contributed by atoms with Crippen molar-refractivity contribution in [2.75, 3.05) is 0 Å². The summed E-state index contributed by atoms with van der Waals surface area (Å²) in [6, 6.07) is 7.26. The van der Waals surface area contributed by atoms with Gasteiger partial charge >= 0.3 is 5.69 Å². The SMILES string of the molecule is N#CC(C#N)=CCc1ccc([N+](=O)[O-])c(O)c1. The van der Waals surface area contributed by atoms with Gasteiger partial charge in [0.1, 0.15) is 17.7 Å². The molecule has 0 unspecified atom stereocenters. The first kappa shape index (κ1) is 12.2. The van der Waals surface area contributed by atoms with Crippen molar-refractivity contribution >= 4 is 5.69 Å². The van der Waals surface area contributed by atoms with Crippen LogP contribution in [0.15, 0.2) is 29.8 Å². The van der Waals surface area contributed by atoms with Gasteiger partial charge in [-0.2, -0.15) is 10.5 Å². The lowest BCUT2D eigenvalue weighted by molar-refractivity contribution is -0.385. The molecule has 0 bridgehead atoms. The number of nitriles is 2. The molecule has 0 saturated heterocycles. The minimum Gasteiger partial charge on any atom is -0.502 e. The van der Waals surface area contributed by atoms with Crippen LogP contribution in [0.3, 0.4) is 0 Å². The zero-order valence-corrected chi connectivity index (χ0v) is 8.62. The highest BCUT2D eigenvalue weighted by Gasteiger charge is 2.12. The maximum atomic E-state index is 10.4. The second kappa shape index (κ2) is 5.29. The molecule has 1 aromatic carbocycles. The van der Waals surface area contributed by atoms with Crippen molar-refractivity contribution in [1.82, 2.24) is 0 Å². The maximum absolute atomic E-state index is 10.4. The van der Waals surface area contributed by atoms with E-state index in [1.165, 1.54) is 24.3 Å². The molecule has 1 aromatic rings. The summed E-state index contributed by atoms with van der Waals surface area (Å²) in [6.07, 6.45) is 1.64. The van der Waals surface area contributed by atoms with Crippen LogP contribution in [0.25, 0.3) is 0 Å². The molecule has 0 aliphatic rings. The van der Waals surface area contributed by atoms with Gasteiger partial charge in [0.05, 0.1) is 4.92 Å². The second-order valence-corrected chi connectivity index (χ2v) is 3.13. The summed E-state index contributed by atoms with van der Waals surface area (Å²) < 4.78 is 0. The number of hydrogen-bond acceptors (Lipinski definition) is 5. The predicted molar refractivity (Wildman–Crippen MR) is 57.8 cm³/mol. The molecule has 0 atom stereocenters. The van der Waals surface area contributed by atoms with Gasteiger partial charge < -0.3 is 5.11 Å². The van der Waals surface area contributed by atoms with Gasteiger partial charge in [-0.05, 0) is 18.1 Å². The van der Waals surface area contributed by atoms with E-state index < -0.39 is 10.7 Å². The fourth-order valence-corrected chi connectivity index (χ4v) is 1.19.